The van der Waals surface area contributed by atoms with Crippen LogP contribution < -0.4 is 11.2 Å². The summed E-state index contributed by atoms with van der Waals surface area (Å²) in [6, 6.07) is 0. The number of carbonyl (C=O) groups is 1. The normalized spacial score (nSPS) is 9.92. The zero-order valence-electron chi connectivity index (χ0n) is 6.34. The van der Waals surface area contributed by atoms with Gasteiger partial charge < -0.3 is 0 Å². The second kappa shape index (κ2) is 6.85. The highest BCUT2D eigenvalue weighted by molar-refractivity contribution is 5.71. The summed E-state index contributed by atoms with van der Waals surface area (Å²) in [4.78, 5) is 18.5. The van der Waals surface area contributed by atoms with E-state index in [0.29, 0.717) is 5.12 Å². The van der Waals surface area contributed by atoms with Crippen LogP contribution in [0.2, 0.25) is 0 Å². The van der Waals surface area contributed by atoms with Gasteiger partial charge >= 0.3 is 0 Å². The van der Waals surface area contributed by atoms with Crippen molar-refractivity contribution in [1.82, 2.24) is 16.3 Å². The number of hydrogen-bond acceptors (Lipinski definition) is 5. The maximum absolute atomic E-state index is 11.4. The summed E-state index contributed by atoms with van der Waals surface area (Å²) in [7, 11) is 0. The number of rotatable bonds is 6. The van der Waals surface area contributed by atoms with E-state index in [1.807, 2.05) is 11.2 Å². The predicted molar refractivity (Wildman–Crippen MR) is 32.9 cm³/mol. The maximum atomic E-state index is 11.4. The summed E-state index contributed by atoms with van der Waals surface area (Å²) < 4.78 is 22.7. The lowest BCUT2D eigenvalue weighted by atomic mass is 10.7. The fraction of sp³-hybridized carbons (Fsp3) is 0.750. The third-order valence-electron chi connectivity index (χ3n) is 0.736. The molecule has 2 N–H and O–H groups in total. The summed E-state index contributed by atoms with van der Waals surface area (Å²) in [6.07, 6.45) is 0. The Morgan fingerprint density at radius 1 is 1.33 bits per heavy atom. The molecule has 0 saturated carbocycles. The van der Waals surface area contributed by atoms with Gasteiger partial charge in [-0.05, 0) is 0 Å². The fourth-order valence-corrected chi connectivity index (χ4v) is 0.325. The topological polar surface area (TPSA) is 62.8 Å². The van der Waals surface area contributed by atoms with Crippen LogP contribution in [-0.2, 0) is 14.5 Å². The van der Waals surface area contributed by atoms with Crippen LogP contribution in [0.1, 0.15) is 6.92 Å². The predicted octanol–water partition coefficient (Wildman–Crippen LogP) is -0.439. The monoisotopic (exact) mass is 185 g/mol. The third kappa shape index (κ3) is 4.91. The Labute approximate surface area is 67.3 Å². The number of alkyl halides is 2. The van der Waals surface area contributed by atoms with Crippen molar-refractivity contribution in [3.63, 3.8) is 0 Å². The van der Waals surface area contributed by atoms with Crippen LogP contribution in [0.4, 0.5) is 8.78 Å². The van der Waals surface area contributed by atoms with Gasteiger partial charge in [-0.15, -0.1) is 0 Å². The summed E-state index contributed by atoms with van der Waals surface area (Å²) in [5.74, 6) is -0.586. The van der Waals surface area contributed by atoms with E-state index < -0.39 is 19.6 Å². The van der Waals surface area contributed by atoms with Crippen molar-refractivity contribution in [2.24, 2.45) is 0 Å². The molecule has 0 aliphatic heterocycles. The molecule has 0 unspecified atom stereocenters. The Morgan fingerprint density at radius 3 is 2.00 bits per heavy atom. The van der Waals surface area contributed by atoms with Gasteiger partial charge in [0, 0.05) is 6.92 Å². The van der Waals surface area contributed by atoms with E-state index in [9.17, 15) is 13.6 Å². The average molecular weight is 185 g/mol. The minimum absolute atomic E-state index is 0.527. The van der Waals surface area contributed by atoms with Crippen molar-refractivity contribution >= 4 is 5.91 Å². The second-order valence-corrected chi connectivity index (χ2v) is 1.54. The van der Waals surface area contributed by atoms with Crippen molar-refractivity contribution < 1.29 is 23.3 Å². The van der Waals surface area contributed by atoms with Crippen molar-refractivity contribution in [2.75, 3.05) is 13.7 Å². The lowest BCUT2D eigenvalue weighted by Gasteiger charge is -2.18. The SMILES string of the molecule is CC(=O)N(NOCF)NOCF. The van der Waals surface area contributed by atoms with Gasteiger partial charge in [-0.25, -0.2) is 18.5 Å². The number of halogens is 2. The van der Waals surface area contributed by atoms with Crippen molar-refractivity contribution in [3.05, 3.63) is 0 Å². The highest BCUT2D eigenvalue weighted by atomic mass is 19.1. The zero-order valence-corrected chi connectivity index (χ0v) is 6.34. The number of hydrazine groups is 2. The van der Waals surface area contributed by atoms with Crippen molar-refractivity contribution in [2.45, 2.75) is 6.92 Å². The molecule has 0 fully saturated rings. The number of amides is 1. The molecule has 12 heavy (non-hydrogen) atoms. The van der Waals surface area contributed by atoms with Crippen LogP contribution in [0.5, 0.6) is 0 Å². The standard InChI is InChI=1S/C4H9F2N3O3/c1-4(10)9(7-11-2-5)8-12-3-6/h7-8H,2-3H2,1H3. The summed E-state index contributed by atoms with van der Waals surface area (Å²) in [5, 5.41) is 0.527. The lowest BCUT2D eigenvalue weighted by molar-refractivity contribution is -0.213. The Balaban J connectivity index is 3.62. The highest BCUT2D eigenvalue weighted by Gasteiger charge is 2.07. The molecular formula is C4H9F2N3O3. The molecule has 0 spiro atoms. The average Bonchev–Trinajstić information content (AvgIpc) is 2.04. The summed E-state index contributed by atoms with van der Waals surface area (Å²) >= 11 is 0. The molecule has 0 rings (SSSR count). The van der Waals surface area contributed by atoms with E-state index in [2.05, 4.69) is 9.68 Å². The number of nitrogens with zero attached hydrogens (tertiary/aromatic N) is 1. The van der Waals surface area contributed by atoms with Crippen molar-refractivity contribution in [3.8, 4) is 0 Å². The number of nitrogens with one attached hydrogen (secondary N) is 2. The van der Waals surface area contributed by atoms with Gasteiger partial charge in [-0.3, -0.25) is 4.79 Å². The molecular weight excluding hydrogens is 176 g/mol. The summed E-state index contributed by atoms with van der Waals surface area (Å²) in [5.41, 5.74) is 3.62. The van der Waals surface area contributed by atoms with Crippen LogP contribution in [0.15, 0.2) is 0 Å². The largest absolute Gasteiger partial charge is 0.272 e. The lowest BCUT2D eigenvalue weighted by Crippen LogP contribution is -2.50. The Bertz CT molecular complexity index is 129. The van der Waals surface area contributed by atoms with E-state index in [-0.39, 0.29) is 0 Å². The van der Waals surface area contributed by atoms with Crippen LogP contribution in [0, 0.1) is 0 Å². The van der Waals surface area contributed by atoms with Gasteiger partial charge in [0.05, 0.1) is 0 Å². The highest BCUT2D eigenvalue weighted by Crippen LogP contribution is 1.80. The van der Waals surface area contributed by atoms with Crippen LogP contribution in [0.25, 0.3) is 0 Å². The third-order valence-corrected chi connectivity index (χ3v) is 0.736. The molecule has 0 aliphatic carbocycles. The first-order valence-corrected chi connectivity index (χ1v) is 2.90. The van der Waals surface area contributed by atoms with Gasteiger partial charge in [-0.1, -0.05) is 11.2 Å². The van der Waals surface area contributed by atoms with Crippen LogP contribution in [0.3, 0.4) is 0 Å². The van der Waals surface area contributed by atoms with Gasteiger partial charge in [0.2, 0.25) is 13.7 Å². The second-order valence-electron chi connectivity index (χ2n) is 1.54. The molecule has 72 valence electrons. The summed E-state index contributed by atoms with van der Waals surface area (Å²) in [6.45, 7) is -1.15. The first-order valence-electron chi connectivity index (χ1n) is 2.90. The van der Waals surface area contributed by atoms with Gasteiger partial charge in [0.1, 0.15) is 0 Å². The zero-order chi connectivity index (χ0) is 9.40. The molecule has 0 aromatic carbocycles. The van der Waals surface area contributed by atoms with Gasteiger partial charge in [-0.2, -0.15) is 5.12 Å². The molecule has 6 nitrogen and oxygen atoms in total. The van der Waals surface area contributed by atoms with Gasteiger partial charge in [0.25, 0.3) is 5.91 Å². The Morgan fingerprint density at radius 2 is 1.75 bits per heavy atom. The molecule has 0 aromatic heterocycles. The first-order chi connectivity index (χ1) is 5.72. The van der Waals surface area contributed by atoms with E-state index >= 15 is 0 Å². The molecule has 0 saturated heterocycles. The van der Waals surface area contributed by atoms with E-state index in [1.54, 1.807) is 0 Å². The Hall–Kier alpha value is -0.830. The molecule has 0 atom stereocenters. The first kappa shape index (κ1) is 11.2. The molecule has 0 aliphatic rings. The van der Waals surface area contributed by atoms with E-state index in [4.69, 9.17) is 0 Å². The number of carbonyl (C=O) groups excluding carboxylic acids is 1. The molecule has 0 heterocycles. The molecule has 8 heteroatoms. The fourth-order valence-electron chi connectivity index (χ4n) is 0.325. The maximum Gasteiger partial charge on any atom is 0.252 e. The molecule has 0 aromatic rings. The van der Waals surface area contributed by atoms with Crippen molar-refractivity contribution in [1.29, 1.82) is 0 Å². The van der Waals surface area contributed by atoms with Gasteiger partial charge in [0.15, 0.2) is 0 Å². The minimum atomic E-state index is -1.14. The molecule has 0 bridgehead atoms. The minimum Gasteiger partial charge on any atom is -0.272 e. The quantitative estimate of drug-likeness (QED) is 0.549. The van der Waals surface area contributed by atoms with Crippen LogP contribution in [-0.4, -0.2) is 24.7 Å². The molecule has 0 radical (unpaired) electrons. The molecule has 1 amide bonds. The smallest absolute Gasteiger partial charge is 0.252 e. The van der Waals surface area contributed by atoms with Crippen LogP contribution >= 0.6 is 0 Å². The Kier molecular flexibility index (Phi) is 6.38. The number of hydrogen-bond donors (Lipinski definition) is 2. The van der Waals surface area contributed by atoms with E-state index in [0.717, 1.165) is 6.92 Å². The van der Waals surface area contributed by atoms with E-state index in [1.165, 1.54) is 0 Å².